The largest absolute Gasteiger partial charge is 0.363 e. The zero-order chi connectivity index (χ0) is 20.7. The number of aryl methyl sites for hydroxylation is 1. The molecule has 0 aromatic carbocycles. The smallest absolute Gasteiger partial charge is 0.218 e. The Bertz CT molecular complexity index is 1070. The van der Waals surface area contributed by atoms with Crippen molar-refractivity contribution in [3.8, 4) is 0 Å². The molecule has 154 valence electrons. The summed E-state index contributed by atoms with van der Waals surface area (Å²) in [6, 6.07) is 7.49. The molecule has 0 spiro atoms. The topological polar surface area (TPSA) is 74.2 Å². The molecular weight excluding hydrogens is 379 g/mol. The molecule has 1 unspecified atom stereocenters. The summed E-state index contributed by atoms with van der Waals surface area (Å²) in [5, 5.41) is 9.82. The van der Waals surface area contributed by atoms with Crippen LogP contribution in [0.5, 0.6) is 0 Å². The number of aliphatic imine (C=N–C) groups is 1. The number of allylic oxidation sites excluding steroid dienone is 1. The Morgan fingerprint density at radius 3 is 2.80 bits per heavy atom. The second-order valence-electron chi connectivity index (χ2n) is 8.19. The van der Waals surface area contributed by atoms with Gasteiger partial charge in [-0.1, -0.05) is 13.0 Å². The van der Waals surface area contributed by atoms with E-state index in [1.54, 1.807) is 18.6 Å². The first-order chi connectivity index (χ1) is 14.6. The number of hydrogen-bond acceptors (Lipinski definition) is 6. The molecule has 1 saturated carbocycles. The van der Waals surface area contributed by atoms with Crippen molar-refractivity contribution in [3.63, 3.8) is 0 Å². The average molecular weight is 404 g/mol. The molecule has 0 amide bonds. The maximum atomic E-state index is 14.8. The van der Waals surface area contributed by atoms with Gasteiger partial charge >= 0.3 is 0 Å². The maximum absolute atomic E-state index is 14.8. The lowest BCUT2D eigenvalue weighted by atomic mass is 9.90. The third-order valence-electron chi connectivity index (χ3n) is 5.90. The highest BCUT2D eigenvalue weighted by Crippen LogP contribution is 2.44. The Balaban J connectivity index is 1.35. The Morgan fingerprint density at radius 1 is 1.23 bits per heavy atom. The summed E-state index contributed by atoms with van der Waals surface area (Å²) in [6.07, 6.45) is 9.20. The van der Waals surface area contributed by atoms with Crippen LogP contribution in [0.25, 0.3) is 0 Å². The second-order valence-corrected chi connectivity index (χ2v) is 8.19. The summed E-state index contributed by atoms with van der Waals surface area (Å²) in [5.74, 6) is 0.553. The fourth-order valence-corrected chi connectivity index (χ4v) is 4.08. The summed E-state index contributed by atoms with van der Waals surface area (Å²) >= 11 is 0. The van der Waals surface area contributed by atoms with Gasteiger partial charge in [0.05, 0.1) is 18.2 Å². The van der Waals surface area contributed by atoms with Crippen LogP contribution in [-0.2, 0) is 12.8 Å². The summed E-state index contributed by atoms with van der Waals surface area (Å²) in [5.41, 5.74) is 5.33. The van der Waals surface area contributed by atoms with Gasteiger partial charge in [-0.2, -0.15) is 4.39 Å². The lowest BCUT2D eigenvalue weighted by Crippen LogP contribution is -2.41. The van der Waals surface area contributed by atoms with Gasteiger partial charge in [0, 0.05) is 35.1 Å². The first kappa shape index (κ1) is 18.8. The molecule has 4 heterocycles. The Morgan fingerprint density at radius 2 is 2.10 bits per heavy atom. The third kappa shape index (κ3) is 3.44. The van der Waals surface area contributed by atoms with E-state index < -0.39 is 11.6 Å². The SMILES string of the molecule is CCc1ccc(Nc2ccc(CC3=CNC4(C)N=CNC(C5CC5)=C34)c(F)n2)cn1. The summed E-state index contributed by atoms with van der Waals surface area (Å²) in [6.45, 7) is 4.12. The van der Waals surface area contributed by atoms with E-state index in [1.165, 1.54) is 18.5 Å². The van der Waals surface area contributed by atoms with E-state index in [1.807, 2.05) is 24.4 Å². The molecule has 2 aromatic rings. The van der Waals surface area contributed by atoms with E-state index in [0.29, 0.717) is 23.7 Å². The Labute approximate surface area is 175 Å². The van der Waals surface area contributed by atoms with Gasteiger partial charge in [0.2, 0.25) is 5.95 Å². The number of hydrogen-bond donors (Lipinski definition) is 3. The zero-order valence-corrected chi connectivity index (χ0v) is 17.2. The minimum atomic E-state index is -0.471. The lowest BCUT2D eigenvalue weighted by molar-refractivity contribution is 0.505. The zero-order valence-electron chi connectivity index (χ0n) is 17.2. The molecule has 5 rings (SSSR count). The van der Waals surface area contributed by atoms with Crippen molar-refractivity contribution in [3.05, 3.63) is 70.7 Å². The van der Waals surface area contributed by atoms with E-state index in [4.69, 9.17) is 0 Å². The predicted octanol–water partition coefficient (Wildman–Crippen LogP) is 3.96. The monoisotopic (exact) mass is 404 g/mol. The molecule has 1 atom stereocenters. The van der Waals surface area contributed by atoms with Gasteiger partial charge < -0.3 is 16.0 Å². The van der Waals surface area contributed by atoms with Gasteiger partial charge in [-0.25, -0.2) is 9.98 Å². The van der Waals surface area contributed by atoms with Gasteiger partial charge in [-0.05, 0) is 55.9 Å². The molecule has 0 bridgehead atoms. The van der Waals surface area contributed by atoms with Crippen molar-refractivity contribution in [2.45, 2.75) is 45.2 Å². The highest BCUT2D eigenvalue weighted by molar-refractivity contribution is 5.67. The molecule has 6 nitrogen and oxygen atoms in total. The molecule has 3 N–H and O–H groups in total. The first-order valence-electron chi connectivity index (χ1n) is 10.4. The summed E-state index contributed by atoms with van der Waals surface area (Å²) in [7, 11) is 0. The minimum Gasteiger partial charge on any atom is -0.363 e. The Hall–Kier alpha value is -3.22. The molecule has 3 aliphatic rings. The predicted molar refractivity (Wildman–Crippen MR) is 116 cm³/mol. The molecular formula is C23H25FN6. The first-order valence-corrected chi connectivity index (χ1v) is 10.4. The van der Waals surface area contributed by atoms with Crippen molar-refractivity contribution in [1.29, 1.82) is 0 Å². The van der Waals surface area contributed by atoms with Crippen LogP contribution in [0.15, 0.2) is 58.5 Å². The minimum absolute atomic E-state index is 0.464. The van der Waals surface area contributed by atoms with Gasteiger partial charge in [0.1, 0.15) is 5.82 Å². The molecule has 30 heavy (non-hydrogen) atoms. The van der Waals surface area contributed by atoms with E-state index >= 15 is 0 Å². The average Bonchev–Trinajstić information content (AvgIpc) is 3.53. The van der Waals surface area contributed by atoms with Crippen molar-refractivity contribution < 1.29 is 4.39 Å². The molecule has 2 aliphatic heterocycles. The van der Waals surface area contributed by atoms with Crippen molar-refractivity contribution in [2.75, 3.05) is 5.32 Å². The Kier molecular flexibility index (Phi) is 4.53. The number of nitrogens with zero attached hydrogens (tertiary/aromatic N) is 3. The second kappa shape index (κ2) is 7.23. The molecule has 1 fully saturated rings. The van der Waals surface area contributed by atoms with E-state index in [2.05, 4.69) is 44.8 Å². The van der Waals surface area contributed by atoms with Crippen molar-refractivity contribution in [2.24, 2.45) is 10.9 Å². The number of halogens is 1. The number of anilines is 2. The number of fused-ring (bicyclic) bond motifs is 1. The number of pyridine rings is 2. The molecule has 7 heteroatoms. The van der Waals surface area contributed by atoms with Crippen LogP contribution < -0.4 is 16.0 Å². The van der Waals surface area contributed by atoms with Gasteiger partial charge in [-0.3, -0.25) is 4.98 Å². The van der Waals surface area contributed by atoms with Gasteiger partial charge in [0.15, 0.2) is 5.66 Å². The van der Waals surface area contributed by atoms with Gasteiger partial charge in [-0.15, -0.1) is 0 Å². The highest BCUT2D eigenvalue weighted by atomic mass is 19.1. The van der Waals surface area contributed by atoms with Gasteiger partial charge in [0.25, 0.3) is 0 Å². The van der Waals surface area contributed by atoms with Crippen LogP contribution in [0, 0.1) is 11.9 Å². The van der Waals surface area contributed by atoms with E-state index in [9.17, 15) is 4.39 Å². The van der Waals surface area contributed by atoms with Crippen LogP contribution in [0.3, 0.4) is 0 Å². The van der Waals surface area contributed by atoms with Crippen LogP contribution in [0.2, 0.25) is 0 Å². The quantitative estimate of drug-likeness (QED) is 0.636. The van der Waals surface area contributed by atoms with Crippen LogP contribution in [0.4, 0.5) is 15.9 Å². The van der Waals surface area contributed by atoms with Crippen LogP contribution in [-0.4, -0.2) is 22.0 Å². The fourth-order valence-electron chi connectivity index (χ4n) is 4.08. The van der Waals surface area contributed by atoms with Crippen molar-refractivity contribution >= 4 is 17.8 Å². The van der Waals surface area contributed by atoms with Crippen LogP contribution >= 0.6 is 0 Å². The molecule has 0 saturated heterocycles. The number of aromatic nitrogens is 2. The molecule has 2 aromatic heterocycles. The van der Waals surface area contributed by atoms with Crippen molar-refractivity contribution in [1.82, 2.24) is 20.6 Å². The standard InChI is InChI=1S/C23H25FN6/c1-3-17-7-8-18(12-25-17)29-19-9-6-15(22(24)30-19)10-16-11-27-23(2)20(16)21(14-4-5-14)26-13-28-23/h6-9,11-14,27H,3-5,10H2,1-2H3,(H,26,28)(H,29,30). The fraction of sp³-hybridized carbons (Fsp3) is 0.348. The number of rotatable bonds is 6. The summed E-state index contributed by atoms with van der Waals surface area (Å²) < 4.78 is 14.8. The maximum Gasteiger partial charge on any atom is 0.218 e. The van der Waals surface area contributed by atoms with E-state index in [-0.39, 0.29) is 0 Å². The van der Waals surface area contributed by atoms with E-state index in [0.717, 1.165) is 28.9 Å². The normalized spacial score (nSPS) is 22.3. The molecule has 1 aliphatic carbocycles. The lowest BCUT2D eigenvalue weighted by Gasteiger charge is -2.30. The third-order valence-corrected chi connectivity index (χ3v) is 5.90. The highest BCUT2D eigenvalue weighted by Gasteiger charge is 2.42. The number of nitrogens with one attached hydrogen (secondary N) is 3. The summed E-state index contributed by atoms with van der Waals surface area (Å²) in [4.78, 5) is 13.1. The molecule has 0 radical (unpaired) electrons. The van der Waals surface area contributed by atoms with Crippen LogP contribution in [0.1, 0.15) is 37.9 Å².